The highest BCUT2D eigenvalue weighted by atomic mass is 19.4. The van der Waals surface area contributed by atoms with Crippen LogP contribution in [0, 0.1) is 0 Å². The van der Waals surface area contributed by atoms with E-state index in [1.807, 2.05) is 0 Å². The lowest BCUT2D eigenvalue weighted by molar-refractivity contribution is -0.141. The van der Waals surface area contributed by atoms with Gasteiger partial charge in [0.2, 0.25) is 5.91 Å². The number of alkyl halides is 6. The SMILES string of the molecule is CC(=O)NCC=Cc1cc(C(F)(F)F)ccc1C(F)(F)F. The van der Waals surface area contributed by atoms with Crippen LogP contribution in [-0.4, -0.2) is 12.5 Å². The maximum atomic E-state index is 12.7. The highest BCUT2D eigenvalue weighted by Gasteiger charge is 2.36. The summed E-state index contributed by atoms with van der Waals surface area (Å²) in [6.45, 7) is 1.13. The number of nitrogens with one attached hydrogen (secondary N) is 1. The number of carbonyl (C=O) groups is 1. The number of hydrogen-bond acceptors (Lipinski definition) is 1. The molecule has 8 heteroatoms. The first-order valence-corrected chi connectivity index (χ1v) is 5.71. The molecule has 21 heavy (non-hydrogen) atoms. The predicted octanol–water partition coefficient (Wildman–Crippen LogP) is 3.87. The molecule has 1 amide bonds. The smallest absolute Gasteiger partial charge is 0.353 e. The molecule has 1 N–H and O–H groups in total. The summed E-state index contributed by atoms with van der Waals surface area (Å²) in [5.74, 6) is -0.403. The predicted molar refractivity (Wildman–Crippen MR) is 64.2 cm³/mol. The molecule has 2 nitrogen and oxygen atoms in total. The van der Waals surface area contributed by atoms with Crippen molar-refractivity contribution < 1.29 is 31.1 Å². The molecule has 1 aromatic carbocycles. The monoisotopic (exact) mass is 311 g/mol. The maximum absolute atomic E-state index is 12.7. The van der Waals surface area contributed by atoms with Gasteiger partial charge in [-0.2, -0.15) is 26.3 Å². The van der Waals surface area contributed by atoms with E-state index in [4.69, 9.17) is 0 Å². The molecule has 116 valence electrons. The third-order valence-corrected chi connectivity index (χ3v) is 2.45. The molecular weight excluding hydrogens is 300 g/mol. The molecular formula is C13H11F6NO. The second-order valence-electron chi connectivity index (χ2n) is 4.14. The summed E-state index contributed by atoms with van der Waals surface area (Å²) in [6.07, 6.45) is -7.46. The van der Waals surface area contributed by atoms with Gasteiger partial charge in [0.05, 0.1) is 11.1 Å². The second-order valence-corrected chi connectivity index (χ2v) is 4.14. The van der Waals surface area contributed by atoms with Crippen molar-refractivity contribution in [3.63, 3.8) is 0 Å². The van der Waals surface area contributed by atoms with Crippen molar-refractivity contribution in [1.29, 1.82) is 0 Å². The average molecular weight is 311 g/mol. The van der Waals surface area contributed by atoms with E-state index in [9.17, 15) is 31.1 Å². The van der Waals surface area contributed by atoms with Gasteiger partial charge in [0.15, 0.2) is 0 Å². The van der Waals surface area contributed by atoms with Crippen LogP contribution in [0.5, 0.6) is 0 Å². The molecule has 0 bridgehead atoms. The molecule has 0 atom stereocenters. The molecule has 0 saturated carbocycles. The fourth-order valence-electron chi connectivity index (χ4n) is 1.52. The van der Waals surface area contributed by atoms with Gasteiger partial charge in [-0.25, -0.2) is 0 Å². The minimum atomic E-state index is -4.77. The summed E-state index contributed by atoms with van der Waals surface area (Å²) >= 11 is 0. The van der Waals surface area contributed by atoms with E-state index >= 15 is 0 Å². The average Bonchev–Trinajstić information content (AvgIpc) is 2.31. The first-order chi connectivity index (χ1) is 9.51. The zero-order chi connectivity index (χ0) is 16.3. The highest BCUT2D eigenvalue weighted by Crippen LogP contribution is 2.36. The molecule has 0 aliphatic heterocycles. The van der Waals surface area contributed by atoms with E-state index in [-0.39, 0.29) is 6.54 Å². The van der Waals surface area contributed by atoms with Crippen molar-refractivity contribution in [3.05, 3.63) is 41.0 Å². The maximum Gasteiger partial charge on any atom is 0.416 e. The summed E-state index contributed by atoms with van der Waals surface area (Å²) < 4.78 is 75.8. The summed E-state index contributed by atoms with van der Waals surface area (Å²) in [5.41, 5.74) is -2.95. The Hall–Kier alpha value is -1.99. The second kappa shape index (κ2) is 6.19. The number of benzene rings is 1. The zero-order valence-corrected chi connectivity index (χ0v) is 10.8. The van der Waals surface area contributed by atoms with Crippen molar-refractivity contribution in [2.24, 2.45) is 0 Å². The first kappa shape index (κ1) is 17.1. The Labute approximate surface area is 116 Å². The fourth-order valence-corrected chi connectivity index (χ4v) is 1.52. The number of amides is 1. The number of carbonyl (C=O) groups excluding carboxylic acids is 1. The molecule has 1 aromatic rings. The van der Waals surface area contributed by atoms with Gasteiger partial charge in [-0.05, 0) is 23.8 Å². The van der Waals surface area contributed by atoms with Gasteiger partial charge in [0, 0.05) is 13.5 Å². The molecule has 0 fully saturated rings. The van der Waals surface area contributed by atoms with Crippen LogP contribution in [0.15, 0.2) is 24.3 Å². The molecule has 0 aromatic heterocycles. The lowest BCUT2D eigenvalue weighted by Gasteiger charge is -2.13. The van der Waals surface area contributed by atoms with E-state index in [1.165, 1.54) is 6.92 Å². The Bertz CT molecular complexity index is 545. The van der Waals surface area contributed by atoms with Gasteiger partial charge in [0.1, 0.15) is 0 Å². The number of rotatable bonds is 3. The van der Waals surface area contributed by atoms with Crippen molar-refractivity contribution in [2.45, 2.75) is 19.3 Å². The van der Waals surface area contributed by atoms with Gasteiger partial charge < -0.3 is 5.32 Å². The normalized spacial score (nSPS) is 12.7. The van der Waals surface area contributed by atoms with Crippen LogP contribution in [0.4, 0.5) is 26.3 Å². The Balaban J connectivity index is 3.14. The standard InChI is InChI=1S/C13H11F6NO/c1-8(21)20-6-2-3-9-7-10(12(14,15)16)4-5-11(9)13(17,18)19/h2-5,7H,6H2,1H3,(H,20,21). The summed E-state index contributed by atoms with van der Waals surface area (Å²) in [5, 5.41) is 2.29. The molecule has 0 spiro atoms. The van der Waals surface area contributed by atoms with E-state index in [0.29, 0.717) is 18.2 Å². The zero-order valence-electron chi connectivity index (χ0n) is 10.8. The molecule has 0 heterocycles. The van der Waals surface area contributed by atoms with E-state index < -0.39 is 35.0 Å². The Morgan fingerprint density at radius 1 is 1.14 bits per heavy atom. The van der Waals surface area contributed by atoms with Gasteiger partial charge in [-0.15, -0.1) is 0 Å². The van der Waals surface area contributed by atoms with Gasteiger partial charge in [-0.1, -0.05) is 12.2 Å². The van der Waals surface area contributed by atoms with Crippen molar-refractivity contribution >= 4 is 12.0 Å². The first-order valence-electron chi connectivity index (χ1n) is 5.71. The van der Waals surface area contributed by atoms with Crippen molar-refractivity contribution in [2.75, 3.05) is 6.54 Å². The topological polar surface area (TPSA) is 29.1 Å². The van der Waals surface area contributed by atoms with E-state index in [0.717, 1.165) is 12.2 Å². The minimum Gasteiger partial charge on any atom is -0.353 e. The minimum absolute atomic E-state index is 0.0805. The molecule has 0 unspecified atom stereocenters. The number of hydrogen-bond donors (Lipinski definition) is 1. The molecule has 1 rings (SSSR count). The Kier molecular flexibility index (Phi) is 5.03. The van der Waals surface area contributed by atoms with Gasteiger partial charge in [0.25, 0.3) is 0 Å². The third kappa shape index (κ3) is 5.13. The molecule has 0 radical (unpaired) electrons. The van der Waals surface area contributed by atoms with Crippen LogP contribution in [0.2, 0.25) is 0 Å². The van der Waals surface area contributed by atoms with Crippen molar-refractivity contribution in [3.8, 4) is 0 Å². The van der Waals surface area contributed by atoms with Crippen LogP contribution in [0.25, 0.3) is 6.08 Å². The van der Waals surface area contributed by atoms with Crippen LogP contribution in [-0.2, 0) is 17.1 Å². The third-order valence-electron chi connectivity index (χ3n) is 2.45. The van der Waals surface area contributed by atoms with Crippen LogP contribution < -0.4 is 5.32 Å². The summed E-state index contributed by atoms with van der Waals surface area (Å²) in [6, 6.07) is 1.20. The quantitative estimate of drug-likeness (QED) is 0.844. The lowest BCUT2D eigenvalue weighted by Crippen LogP contribution is -2.19. The van der Waals surface area contributed by atoms with Crippen LogP contribution >= 0.6 is 0 Å². The van der Waals surface area contributed by atoms with Crippen molar-refractivity contribution in [1.82, 2.24) is 5.32 Å². The summed E-state index contributed by atoms with van der Waals surface area (Å²) in [4.78, 5) is 10.6. The molecule has 0 aliphatic carbocycles. The number of halogens is 6. The van der Waals surface area contributed by atoms with Gasteiger partial charge in [-0.3, -0.25) is 4.79 Å². The van der Waals surface area contributed by atoms with Gasteiger partial charge >= 0.3 is 12.4 Å². The van der Waals surface area contributed by atoms with Crippen LogP contribution in [0.1, 0.15) is 23.6 Å². The Morgan fingerprint density at radius 2 is 1.76 bits per heavy atom. The lowest BCUT2D eigenvalue weighted by atomic mass is 10.0. The van der Waals surface area contributed by atoms with E-state index in [2.05, 4.69) is 5.32 Å². The molecule has 0 saturated heterocycles. The van der Waals surface area contributed by atoms with Crippen LogP contribution in [0.3, 0.4) is 0 Å². The largest absolute Gasteiger partial charge is 0.416 e. The fraction of sp³-hybridized carbons (Fsp3) is 0.308. The molecule has 0 aliphatic rings. The summed E-state index contributed by atoms with van der Waals surface area (Å²) in [7, 11) is 0. The highest BCUT2D eigenvalue weighted by molar-refractivity contribution is 5.73. The Morgan fingerprint density at radius 3 is 2.24 bits per heavy atom. The van der Waals surface area contributed by atoms with E-state index in [1.54, 1.807) is 0 Å².